The van der Waals surface area contributed by atoms with Crippen molar-refractivity contribution in [1.82, 2.24) is 15.0 Å². The van der Waals surface area contributed by atoms with E-state index >= 15 is 0 Å². The highest BCUT2D eigenvalue weighted by Gasteiger charge is 2.65. The second-order valence-electron chi connectivity index (χ2n) is 10.9. The van der Waals surface area contributed by atoms with Gasteiger partial charge in [0.05, 0.1) is 32.7 Å². The molecule has 3 heterocycles. The molecule has 0 saturated carbocycles. The van der Waals surface area contributed by atoms with E-state index in [1.165, 1.54) is 5.19 Å². The molecule has 2 aliphatic heterocycles. The van der Waals surface area contributed by atoms with Crippen LogP contribution in [0.2, 0.25) is 23.7 Å². The molecule has 3 aromatic rings. The van der Waals surface area contributed by atoms with Crippen molar-refractivity contribution in [3.63, 3.8) is 0 Å². The first kappa shape index (κ1) is 26.9. The lowest BCUT2D eigenvalue weighted by molar-refractivity contribution is -0.145. The number of aliphatic hydroxyl groups excluding tert-OH is 1. The van der Waals surface area contributed by atoms with Gasteiger partial charge in [0.2, 0.25) is 0 Å². The number of amides is 1. The van der Waals surface area contributed by atoms with E-state index in [1.54, 1.807) is 16.7 Å². The predicted molar refractivity (Wildman–Crippen MR) is 150 cm³/mol. The number of carbonyl (C=O) groups excluding carboxylic acids is 1. The maximum absolute atomic E-state index is 14.0. The van der Waals surface area contributed by atoms with Gasteiger partial charge in [-0.05, 0) is 42.3 Å². The summed E-state index contributed by atoms with van der Waals surface area (Å²) < 4.78 is 14.2. The summed E-state index contributed by atoms with van der Waals surface area (Å²) in [7, 11) is 1.29. The molecule has 2 aliphatic rings. The quantitative estimate of drug-likeness (QED) is 0.426. The van der Waals surface area contributed by atoms with Crippen molar-refractivity contribution >= 4 is 36.5 Å². The summed E-state index contributed by atoms with van der Waals surface area (Å²) in [5, 5.41) is 19.5. The third-order valence-electron chi connectivity index (χ3n) is 8.52. The number of anilines is 1. The Bertz CT molecular complexity index is 1330. The summed E-state index contributed by atoms with van der Waals surface area (Å²) in [5.41, 5.74) is 1.50. The van der Waals surface area contributed by atoms with Crippen LogP contribution in [0.4, 0.5) is 5.69 Å². The second-order valence-corrected chi connectivity index (χ2v) is 16.0. The summed E-state index contributed by atoms with van der Waals surface area (Å²) in [5.74, 6) is 0.704. The van der Waals surface area contributed by atoms with Crippen molar-refractivity contribution in [3.05, 3.63) is 64.9 Å². The van der Waals surface area contributed by atoms with Gasteiger partial charge >= 0.3 is 0 Å². The molecule has 1 amide bonds. The van der Waals surface area contributed by atoms with Crippen LogP contribution in [0.15, 0.2) is 48.7 Å². The van der Waals surface area contributed by atoms with Gasteiger partial charge in [0.15, 0.2) is 5.60 Å². The topological polar surface area (TPSA) is 89.7 Å². The number of aryl methyl sites for hydroxylation is 1. The highest BCUT2D eigenvalue weighted by Crippen LogP contribution is 2.59. The number of hydrogen-bond acceptors (Lipinski definition) is 6. The van der Waals surface area contributed by atoms with Gasteiger partial charge in [-0.3, -0.25) is 9.48 Å². The first-order valence-corrected chi connectivity index (χ1v) is 16.5. The Hall–Kier alpha value is -2.72. The highest BCUT2D eigenvalue weighted by molar-refractivity contribution is 6.91. The maximum atomic E-state index is 14.0. The van der Waals surface area contributed by atoms with Crippen molar-refractivity contribution in [3.8, 4) is 5.75 Å². The van der Waals surface area contributed by atoms with Crippen molar-refractivity contribution in [2.24, 2.45) is 5.92 Å². The van der Waals surface area contributed by atoms with E-state index in [9.17, 15) is 9.90 Å². The van der Waals surface area contributed by atoms with Crippen LogP contribution >= 0.6 is 11.6 Å². The van der Waals surface area contributed by atoms with E-state index in [1.807, 2.05) is 43.6 Å². The molecule has 38 heavy (non-hydrogen) atoms. The number of methoxy groups -OCH3 is 1. The summed E-state index contributed by atoms with van der Waals surface area (Å²) >= 11 is 6.46. The SMILES string of the molecule is COc1ccc([Si](C)(C)[C@H]2[C@H](CCn3cc(CCO)nn3)O[C@@]3(C(=O)N(C)c4ccc(Cl)cc43)[C@@H]2C)cc1. The second kappa shape index (κ2) is 10.1. The lowest BCUT2D eigenvalue weighted by Gasteiger charge is -2.37. The lowest BCUT2D eigenvalue weighted by Crippen LogP contribution is -2.51. The third kappa shape index (κ3) is 4.25. The number of aromatic nitrogens is 3. The average Bonchev–Trinajstić information content (AvgIpc) is 3.54. The Morgan fingerprint density at radius 2 is 1.95 bits per heavy atom. The Balaban J connectivity index is 1.55. The minimum atomic E-state index is -2.20. The van der Waals surface area contributed by atoms with E-state index in [4.69, 9.17) is 21.1 Å². The van der Waals surface area contributed by atoms with Gasteiger partial charge in [0.25, 0.3) is 5.91 Å². The van der Waals surface area contributed by atoms with Crippen molar-refractivity contribution in [2.45, 2.75) is 56.7 Å². The van der Waals surface area contributed by atoms with E-state index in [0.29, 0.717) is 24.4 Å². The monoisotopic (exact) mass is 554 g/mol. The summed E-state index contributed by atoms with van der Waals surface area (Å²) in [4.78, 5) is 15.7. The van der Waals surface area contributed by atoms with E-state index in [2.05, 4.69) is 42.5 Å². The number of rotatable bonds is 8. The molecule has 1 fully saturated rings. The molecule has 8 nitrogen and oxygen atoms in total. The van der Waals surface area contributed by atoms with Crippen LogP contribution in [0.3, 0.4) is 0 Å². The summed E-state index contributed by atoms with van der Waals surface area (Å²) in [6, 6.07) is 14.0. The molecule has 1 spiro atoms. The fourth-order valence-electron chi connectivity index (χ4n) is 6.60. The summed E-state index contributed by atoms with van der Waals surface area (Å²) in [6.45, 7) is 7.53. The van der Waals surface area contributed by atoms with Crippen molar-refractivity contribution in [2.75, 3.05) is 25.7 Å². The number of benzene rings is 2. The van der Waals surface area contributed by atoms with E-state index in [-0.39, 0.29) is 30.1 Å². The van der Waals surface area contributed by atoms with Gasteiger partial charge in [0.1, 0.15) is 5.75 Å². The number of likely N-dealkylation sites (N-methyl/N-ethyl adjacent to an activating group) is 1. The molecule has 5 rings (SSSR count). The molecule has 0 bridgehead atoms. The van der Waals surface area contributed by atoms with Gasteiger partial charge in [0, 0.05) is 49.3 Å². The largest absolute Gasteiger partial charge is 0.497 e. The third-order valence-corrected chi connectivity index (χ3v) is 13.1. The van der Waals surface area contributed by atoms with Crippen LogP contribution in [0.5, 0.6) is 5.75 Å². The molecule has 2 aromatic carbocycles. The minimum Gasteiger partial charge on any atom is -0.497 e. The van der Waals surface area contributed by atoms with Crippen molar-refractivity contribution < 1.29 is 19.4 Å². The number of halogens is 1. The fourth-order valence-corrected chi connectivity index (χ4v) is 10.8. The zero-order valence-electron chi connectivity index (χ0n) is 22.5. The number of hydrogen-bond donors (Lipinski definition) is 1. The molecule has 1 aromatic heterocycles. The Morgan fingerprint density at radius 1 is 1.21 bits per heavy atom. The zero-order chi connectivity index (χ0) is 27.2. The minimum absolute atomic E-state index is 0.0335. The lowest BCUT2D eigenvalue weighted by atomic mass is 9.82. The first-order chi connectivity index (χ1) is 18.1. The molecular weight excluding hydrogens is 520 g/mol. The number of ether oxygens (including phenoxy) is 2. The Morgan fingerprint density at radius 3 is 2.63 bits per heavy atom. The van der Waals surface area contributed by atoms with Crippen LogP contribution in [-0.4, -0.2) is 60.9 Å². The van der Waals surface area contributed by atoms with Gasteiger partial charge in [-0.15, -0.1) is 5.10 Å². The van der Waals surface area contributed by atoms with E-state index < -0.39 is 13.7 Å². The number of aliphatic hydroxyl groups is 1. The fraction of sp³-hybridized carbons (Fsp3) is 0.464. The van der Waals surface area contributed by atoms with Crippen LogP contribution < -0.4 is 14.8 Å². The predicted octanol–water partition coefficient (Wildman–Crippen LogP) is 3.76. The van der Waals surface area contributed by atoms with Crippen LogP contribution in [0.1, 0.15) is 24.6 Å². The average molecular weight is 555 g/mol. The molecule has 10 heteroatoms. The van der Waals surface area contributed by atoms with Crippen LogP contribution in [0, 0.1) is 5.92 Å². The zero-order valence-corrected chi connectivity index (χ0v) is 24.3. The summed E-state index contributed by atoms with van der Waals surface area (Å²) in [6.07, 6.45) is 2.84. The van der Waals surface area contributed by atoms with Gasteiger partial charge in [-0.25, -0.2) is 0 Å². The molecule has 0 unspecified atom stereocenters. The van der Waals surface area contributed by atoms with Gasteiger partial charge in [-0.2, -0.15) is 0 Å². The molecule has 0 radical (unpaired) electrons. The van der Waals surface area contributed by atoms with E-state index in [0.717, 1.165) is 22.7 Å². The number of nitrogens with zero attached hydrogens (tertiary/aromatic N) is 4. The normalized spacial score (nSPS) is 24.9. The molecule has 0 aliphatic carbocycles. The van der Waals surface area contributed by atoms with Gasteiger partial charge in [-0.1, -0.05) is 54.2 Å². The Kier molecular flexibility index (Phi) is 7.15. The molecule has 1 saturated heterocycles. The number of fused-ring (bicyclic) bond motifs is 2. The molecule has 4 atom stereocenters. The number of carbonyl (C=O) groups is 1. The molecule has 1 N–H and O–H groups in total. The molecule has 202 valence electrons. The first-order valence-electron chi connectivity index (χ1n) is 13.0. The van der Waals surface area contributed by atoms with Gasteiger partial charge < -0.3 is 19.5 Å². The van der Waals surface area contributed by atoms with Crippen LogP contribution in [-0.2, 0) is 28.1 Å². The maximum Gasteiger partial charge on any atom is 0.264 e. The standard InChI is InChI=1S/C28H35ClN4O4Si/c1-18-26(38(4,5)22-9-7-21(36-3)8-10-22)25(12-14-33-17-20(13-15-34)30-31-33)37-28(18)23-16-19(29)6-11-24(23)32(2)27(28)35/h6-11,16-18,25-26,34H,12-15H2,1-5H3/t18-,25+,26-,28+/m1/s1. The van der Waals surface area contributed by atoms with Crippen LogP contribution in [0.25, 0.3) is 0 Å². The molecular formula is C28H35ClN4O4Si. The highest BCUT2D eigenvalue weighted by atomic mass is 35.5. The smallest absolute Gasteiger partial charge is 0.264 e. The van der Waals surface area contributed by atoms with Crippen molar-refractivity contribution in [1.29, 1.82) is 0 Å². The Labute approximate surface area is 229 Å².